The first-order valence-corrected chi connectivity index (χ1v) is 6.57. The standard InChI is InChI=1S/C13H10S2/c1-2-3-11-8-10-5-4-9-6-7-14-12(9)13(10)15-11/h2,4-8H,1,3H2. The summed E-state index contributed by atoms with van der Waals surface area (Å²) >= 11 is 3.73. The summed E-state index contributed by atoms with van der Waals surface area (Å²) in [5.74, 6) is 0. The lowest BCUT2D eigenvalue weighted by atomic mass is 10.2. The van der Waals surface area contributed by atoms with Gasteiger partial charge in [-0.25, -0.2) is 0 Å². The van der Waals surface area contributed by atoms with Crippen molar-refractivity contribution in [3.05, 3.63) is 47.2 Å². The molecule has 0 radical (unpaired) electrons. The number of benzene rings is 1. The van der Waals surface area contributed by atoms with Crippen LogP contribution in [0.3, 0.4) is 0 Å². The molecule has 3 aromatic rings. The molecule has 0 aliphatic heterocycles. The van der Waals surface area contributed by atoms with E-state index in [1.54, 1.807) is 0 Å². The van der Waals surface area contributed by atoms with E-state index >= 15 is 0 Å². The molecule has 74 valence electrons. The summed E-state index contributed by atoms with van der Waals surface area (Å²) in [7, 11) is 0. The van der Waals surface area contributed by atoms with Crippen LogP contribution in [-0.4, -0.2) is 0 Å². The second-order valence-electron chi connectivity index (χ2n) is 3.53. The predicted molar refractivity (Wildman–Crippen MR) is 71.1 cm³/mol. The molecule has 0 spiro atoms. The summed E-state index contributed by atoms with van der Waals surface area (Å²) in [6.45, 7) is 3.79. The zero-order chi connectivity index (χ0) is 10.3. The van der Waals surface area contributed by atoms with Gasteiger partial charge in [-0.1, -0.05) is 18.2 Å². The van der Waals surface area contributed by atoms with Crippen molar-refractivity contribution < 1.29 is 0 Å². The molecular formula is C13H10S2. The van der Waals surface area contributed by atoms with Gasteiger partial charge in [-0.15, -0.1) is 29.3 Å². The van der Waals surface area contributed by atoms with Crippen LogP contribution in [0.5, 0.6) is 0 Å². The Morgan fingerprint density at radius 3 is 2.87 bits per heavy atom. The Hall–Kier alpha value is -1.12. The van der Waals surface area contributed by atoms with Gasteiger partial charge >= 0.3 is 0 Å². The molecule has 0 saturated carbocycles. The Balaban J connectivity index is 2.36. The molecule has 2 aromatic heterocycles. The van der Waals surface area contributed by atoms with Crippen LogP contribution < -0.4 is 0 Å². The lowest BCUT2D eigenvalue weighted by Gasteiger charge is -1.90. The van der Waals surface area contributed by atoms with Crippen LogP contribution >= 0.6 is 22.7 Å². The first-order valence-electron chi connectivity index (χ1n) is 4.88. The van der Waals surface area contributed by atoms with Crippen LogP contribution in [0.2, 0.25) is 0 Å². The van der Waals surface area contributed by atoms with Crippen molar-refractivity contribution in [2.75, 3.05) is 0 Å². The zero-order valence-electron chi connectivity index (χ0n) is 8.19. The molecule has 2 heteroatoms. The van der Waals surface area contributed by atoms with Gasteiger partial charge in [0.05, 0.1) is 9.40 Å². The first kappa shape index (κ1) is 9.13. The van der Waals surface area contributed by atoms with Crippen LogP contribution in [0.1, 0.15) is 4.88 Å². The maximum atomic E-state index is 3.79. The van der Waals surface area contributed by atoms with Gasteiger partial charge in [0.2, 0.25) is 0 Å². The highest BCUT2D eigenvalue weighted by Crippen LogP contribution is 2.35. The Bertz CT molecular complexity index is 628. The summed E-state index contributed by atoms with van der Waals surface area (Å²) in [6.07, 6.45) is 2.95. The molecule has 0 fully saturated rings. The van der Waals surface area contributed by atoms with Crippen molar-refractivity contribution in [2.45, 2.75) is 6.42 Å². The average molecular weight is 230 g/mol. The van der Waals surface area contributed by atoms with Crippen molar-refractivity contribution >= 4 is 42.8 Å². The van der Waals surface area contributed by atoms with Gasteiger partial charge in [0, 0.05) is 4.88 Å². The second kappa shape index (κ2) is 3.47. The quantitative estimate of drug-likeness (QED) is 0.552. The average Bonchev–Trinajstić information content (AvgIpc) is 2.80. The molecule has 0 amide bonds. The van der Waals surface area contributed by atoms with Crippen LogP contribution in [0, 0.1) is 0 Å². The molecule has 0 aliphatic carbocycles. The molecule has 15 heavy (non-hydrogen) atoms. The van der Waals surface area contributed by atoms with E-state index in [-0.39, 0.29) is 0 Å². The Kier molecular flexibility index (Phi) is 2.11. The number of hydrogen-bond donors (Lipinski definition) is 0. The summed E-state index contributed by atoms with van der Waals surface area (Å²) in [5, 5.41) is 4.89. The highest BCUT2D eigenvalue weighted by atomic mass is 32.1. The molecule has 2 heterocycles. The first-order chi connectivity index (χ1) is 7.38. The van der Waals surface area contributed by atoms with Crippen molar-refractivity contribution in [2.24, 2.45) is 0 Å². The molecular weight excluding hydrogens is 220 g/mol. The van der Waals surface area contributed by atoms with E-state index in [2.05, 4.69) is 36.2 Å². The molecule has 3 rings (SSSR count). The van der Waals surface area contributed by atoms with Crippen molar-refractivity contribution in [3.63, 3.8) is 0 Å². The topological polar surface area (TPSA) is 0 Å². The summed E-state index contributed by atoms with van der Waals surface area (Å²) in [6, 6.07) is 8.89. The monoisotopic (exact) mass is 230 g/mol. The van der Waals surface area contributed by atoms with Gasteiger partial charge in [0.25, 0.3) is 0 Å². The van der Waals surface area contributed by atoms with Crippen LogP contribution in [-0.2, 0) is 6.42 Å². The number of thiophene rings is 2. The van der Waals surface area contributed by atoms with Crippen LogP contribution in [0.25, 0.3) is 20.2 Å². The summed E-state index contributed by atoms with van der Waals surface area (Å²) < 4.78 is 2.85. The van der Waals surface area contributed by atoms with E-state index in [9.17, 15) is 0 Å². The van der Waals surface area contributed by atoms with Gasteiger partial charge in [-0.05, 0) is 34.7 Å². The lowest BCUT2D eigenvalue weighted by Crippen LogP contribution is -1.67. The van der Waals surface area contributed by atoms with E-state index in [1.807, 2.05) is 28.7 Å². The van der Waals surface area contributed by atoms with E-state index < -0.39 is 0 Å². The minimum Gasteiger partial charge on any atom is -0.142 e. The maximum Gasteiger partial charge on any atom is 0.0524 e. The summed E-state index contributed by atoms with van der Waals surface area (Å²) in [5.41, 5.74) is 0. The van der Waals surface area contributed by atoms with Crippen molar-refractivity contribution in [3.8, 4) is 0 Å². The fourth-order valence-corrected chi connectivity index (χ4v) is 4.04. The fraction of sp³-hybridized carbons (Fsp3) is 0.0769. The van der Waals surface area contributed by atoms with E-state index in [1.165, 1.54) is 25.0 Å². The predicted octanol–water partition coefficient (Wildman–Crippen LogP) is 4.84. The molecule has 1 aromatic carbocycles. The minimum atomic E-state index is 0.978. The molecule has 0 bridgehead atoms. The van der Waals surface area contributed by atoms with Gasteiger partial charge in [0.15, 0.2) is 0 Å². The van der Waals surface area contributed by atoms with Gasteiger partial charge < -0.3 is 0 Å². The largest absolute Gasteiger partial charge is 0.142 e. The van der Waals surface area contributed by atoms with E-state index in [0.717, 1.165) is 6.42 Å². The van der Waals surface area contributed by atoms with Crippen LogP contribution in [0.15, 0.2) is 42.3 Å². The van der Waals surface area contributed by atoms with Crippen molar-refractivity contribution in [1.29, 1.82) is 0 Å². The van der Waals surface area contributed by atoms with Gasteiger partial charge in [-0.3, -0.25) is 0 Å². The van der Waals surface area contributed by atoms with E-state index in [4.69, 9.17) is 0 Å². The number of rotatable bonds is 2. The fourth-order valence-electron chi connectivity index (χ4n) is 1.82. The number of allylic oxidation sites excluding steroid dienone is 1. The second-order valence-corrected chi connectivity index (χ2v) is 5.58. The Labute approximate surface area is 96.5 Å². The molecule has 0 nitrogen and oxygen atoms in total. The molecule has 0 N–H and O–H groups in total. The number of hydrogen-bond acceptors (Lipinski definition) is 2. The van der Waals surface area contributed by atoms with E-state index in [0.29, 0.717) is 0 Å². The van der Waals surface area contributed by atoms with Gasteiger partial charge in [0.1, 0.15) is 0 Å². The molecule has 0 saturated heterocycles. The zero-order valence-corrected chi connectivity index (χ0v) is 9.83. The highest BCUT2D eigenvalue weighted by molar-refractivity contribution is 7.26. The minimum absolute atomic E-state index is 0.978. The molecule has 0 aliphatic rings. The normalized spacial score (nSPS) is 11.2. The Morgan fingerprint density at radius 2 is 2.00 bits per heavy atom. The highest BCUT2D eigenvalue weighted by Gasteiger charge is 2.05. The third-order valence-corrected chi connectivity index (χ3v) is 4.77. The molecule has 0 unspecified atom stereocenters. The smallest absolute Gasteiger partial charge is 0.0524 e. The SMILES string of the molecule is C=CCc1cc2ccc3ccsc3c2s1. The lowest BCUT2D eigenvalue weighted by molar-refractivity contribution is 1.36. The van der Waals surface area contributed by atoms with Crippen LogP contribution in [0.4, 0.5) is 0 Å². The van der Waals surface area contributed by atoms with Crippen molar-refractivity contribution in [1.82, 2.24) is 0 Å². The van der Waals surface area contributed by atoms with Gasteiger partial charge in [-0.2, -0.15) is 0 Å². The molecule has 0 atom stereocenters. The maximum absolute atomic E-state index is 3.79. The third kappa shape index (κ3) is 1.41. The third-order valence-electron chi connectivity index (χ3n) is 2.50. The Morgan fingerprint density at radius 1 is 1.13 bits per heavy atom. The number of fused-ring (bicyclic) bond motifs is 3. The summed E-state index contributed by atoms with van der Waals surface area (Å²) in [4.78, 5) is 1.40.